The predicted molar refractivity (Wildman–Crippen MR) is 113 cm³/mol. The SMILES string of the molecule is CCc1cccc(N2C[C@@H](C(=O)NCCNC(=O)c3ccc(C)c(F)c3)CC2=O)c1. The Morgan fingerprint density at radius 2 is 1.90 bits per heavy atom. The number of nitrogens with one attached hydrogen (secondary N) is 2. The van der Waals surface area contributed by atoms with Crippen LogP contribution in [0, 0.1) is 18.7 Å². The third-order valence-corrected chi connectivity index (χ3v) is 5.27. The van der Waals surface area contributed by atoms with Crippen LogP contribution in [-0.2, 0) is 16.0 Å². The number of benzene rings is 2. The van der Waals surface area contributed by atoms with Crippen LogP contribution in [0.3, 0.4) is 0 Å². The van der Waals surface area contributed by atoms with Crippen LogP contribution in [0.25, 0.3) is 0 Å². The van der Waals surface area contributed by atoms with Gasteiger partial charge in [-0.25, -0.2) is 4.39 Å². The summed E-state index contributed by atoms with van der Waals surface area (Å²) in [5.74, 6) is -1.55. The summed E-state index contributed by atoms with van der Waals surface area (Å²) >= 11 is 0. The van der Waals surface area contributed by atoms with E-state index in [0.29, 0.717) is 12.1 Å². The molecule has 0 bridgehead atoms. The van der Waals surface area contributed by atoms with Gasteiger partial charge in [0.05, 0.1) is 5.92 Å². The summed E-state index contributed by atoms with van der Waals surface area (Å²) in [6.45, 7) is 4.46. The fraction of sp³-hybridized carbons (Fsp3) is 0.348. The van der Waals surface area contributed by atoms with Gasteiger partial charge in [0.25, 0.3) is 5.91 Å². The van der Waals surface area contributed by atoms with E-state index in [1.165, 1.54) is 6.07 Å². The molecule has 0 saturated carbocycles. The molecule has 3 amide bonds. The van der Waals surface area contributed by atoms with Gasteiger partial charge in [-0.05, 0) is 48.7 Å². The van der Waals surface area contributed by atoms with Gasteiger partial charge >= 0.3 is 0 Å². The van der Waals surface area contributed by atoms with Crippen molar-refractivity contribution in [2.24, 2.45) is 5.92 Å². The Bertz CT molecular complexity index is 960. The number of carbonyl (C=O) groups is 3. The lowest BCUT2D eigenvalue weighted by Gasteiger charge is -2.17. The molecule has 2 aromatic rings. The summed E-state index contributed by atoms with van der Waals surface area (Å²) < 4.78 is 13.6. The topological polar surface area (TPSA) is 78.5 Å². The summed E-state index contributed by atoms with van der Waals surface area (Å²) in [6.07, 6.45) is 1.04. The van der Waals surface area contributed by atoms with Crippen LogP contribution in [0.5, 0.6) is 0 Å². The number of amides is 3. The molecule has 1 atom stereocenters. The van der Waals surface area contributed by atoms with Crippen molar-refractivity contribution in [3.63, 3.8) is 0 Å². The highest BCUT2D eigenvalue weighted by Crippen LogP contribution is 2.26. The van der Waals surface area contributed by atoms with Gasteiger partial charge in [0.1, 0.15) is 5.82 Å². The Morgan fingerprint density at radius 3 is 2.63 bits per heavy atom. The molecule has 2 aromatic carbocycles. The average Bonchev–Trinajstić information content (AvgIpc) is 3.14. The highest BCUT2D eigenvalue weighted by atomic mass is 19.1. The van der Waals surface area contributed by atoms with E-state index in [1.54, 1.807) is 24.0 Å². The zero-order chi connectivity index (χ0) is 21.7. The lowest BCUT2D eigenvalue weighted by Crippen LogP contribution is -2.38. The van der Waals surface area contributed by atoms with Crippen LogP contribution in [0.2, 0.25) is 0 Å². The molecule has 0 radical (unpaired) electrons. The first kappa shape index (κ1) is 21.5. The predicted octanol–water partition coefficient (Wildman–Crippen LogP) is 2.60. The molecular formula is C23H26FN3O3. The van der Waals surface area contributed by atoms with Crippen LogP contribution in [-0.4, -0.2) is 37.4 Å². The van der Waals surface area contributed by atoms with Crippen LogP contribution >= 0.6 is 0 Å². The van der Waals surface area contributed by atoms with Crippen molar-refractivity contribution < 1.29 is 18.8 Å². The lowest BCUT2D eigenvalue weighted by molar-refractivity contribution is -0.126. The van der Waals surface area contributed by atoms with Gasteiger partial charge in [-0.15, -0.1) is 0 Å². The van der Waals surface area contributed by atoms with Crippen molar-refractivity contribution in [3.05, 3.63) is 65.0 Å². The third kappa shape index (κ3) is 5.03. The number of carbonyl (C=O) groups excluding carboxylic acids is 3. The van der Waals surface area contributed by atoms with Gasteiger partial charge in [-0.1, -0.05) is 25.1 Å². The molecule has 1 saturated heterocycles. The maximum atomic E-state index is 13.6. The van der Waals surface area contributed by atoms with Crippen molar-refractivity contribution in [1.82, 2.24) is 10.6 Å². The van der Waals surface area contributed by atoms with E-state index in [9.17, 15) is 18.8 Å². The molecule has 0 aliphatic carbocycles. The normalized spacial score (nSPS) is 15.9. The van der Waals surface area contributed by atoms with E-state index < -0.39 is 17.6 Å². The molecule has 0 spiro atoms. The summed E-state index contributed by atoms with van der Waals surface area (Å²) in [5.41, 5.74) is 2.65. The molecule has 2 N–H and O–H groups in total. The maximum Gasteiger partial charge on any atom is 0.251 e. The smallest absolute Gasteiger partial charge is 0.251 e. The number of hydrogen-bond acceptors (Lipinski definition) is 3. The minimum Gasteiger partial charge on any atom is -0.354 e. The number of anilines is 1. The second-order valence-electron chi connectivity index (χ2n) is 7.44. The Hall–Kier alpha value is -3.22. The standard InChI is InChI=1S/C23H26FN3O3/c1-3-16-5-4-6-19(11-16)27-14-18(13-21(27)28)23(30)26-10-9-25-22(29)17-8-7-15(2)20(24)12-17/h4-8,11-12,18H,3,9-10,13-14H2,1-2H3,(H,25,29)(H,26,30)/t18-/m0/s1. The fourth-order valence-corrected chi connectivity index (χ4v) is 3.42. The molecule has 6 nitrogen and oxygen atoms in total. The number of rotatable bonds is 7. The molecule has 1 fully saturated rings. The molecule has 0 aromatic heterocycles. The van der Waals surface area contributed by atoms with Gasteiger partial charge in [0.2, 0.25) is 11.8 Å². The minimum absolute atomic E-state index is 0.0712. The van der Waals surface area contributed by atoms with E-state index in [1.807, 2.05) is 24.3 Å². The van der Waals surface area contributed by atoms with Crippen LogP contribution in [0.15, 0.2) is 42.5 Å². The van der Waals surface area contributed by atoms with Crippen molar-refractivity contribution in [1.29, 1.82) is 0 Å². The summed E-state index contributed by atoms with van der Waals surface area (Å²) in [5, 5.41) is 5.41. The number of aryl methyl sites for hydroxylation is 2. The van der Waals surface area contributed by atoms with Crippen LogP contribution in [0.1, 0.15) is 34.8 Å². The van der Waals surface area contributed by atoms with Crippen molar-refractivity contribution in [3.8, 4) is 0 Å². The monoisotopic (exact) mass is 411 g/mol. The maximum absolute atomic E-state index is 13.6. The number of nitrogens with zero attached hydrogens (tertiary/aromatic N) is 1. The van der Waals surface area contributed by atoms with Gasteiger partial charge < -0.3 is 15.5 Å². The van der Waals surface area contributed by atoms with E-state index in [2.05, 4.69) is 17.6 Å². The second-order valence-corrected chi connectivity index (χ2v) is 7.44. The largest absolute Gasteiger partial charge is 0.354 e. The fourth-order valence-electron chi connectivity index (χ4n) is 3.42. The zero-order valence-electron chi connectivity index (χ0n) is 17.2. The molecule has 1 aliphatic rings. The van der Waals surface area contributed by atoms with Crippen molar-refractivity contribution >= 4 is 23.4 Å². The molecule has 158 valence electrons. The van der Waals surface area contributed by atoms with Crippen LogP contribution in [0.4, 0.5) is 10.1 Å². The van der Waals surface area contributed by atoms with Crippen molar-refractivity contribution in [2.45, 2.75) is 26.7 Å². The zero-order valence-corrected chi connectivity index (χ0v) is 17.2. The molecule has 3 rings (SSSR count). The molecule has 30 heavy (non-hydrogen) atoms. The molecule has 1 aliphatic heterocycles. The molecule has 7 heteroatoms. The van der Waals surface area contributed by atoms with E-state index in [-0.39, 0.29) is 36.9 Å². The van der Waals surface area contributed by atoms with Crippen molar-refractivity contribution in [2.75, 3.05) is 24.5 Å². The van der Waals surface area contributed by atoms with E-state index >= 15 is 0 Å². The van der Waals surface area contributed by atoms with Gasteiger partial charge in [0, 0.05) is 37.3 Å². The Kier molecular flexibility index (Phi) is 6.82. The van der Waals surface area contributed by atoms with Gasteiger partial charge in [0.15, 0.2) is 0 Å². The Balaban J connectivity index is 1.46. The minimum atomic E-state index is -0.434. The molecular weight excluding hydrogens is 385 g/mol. The highest BCUT2D eigenvalue weighted by Gasteiger charge is 2.35. The second kappa shape index (κ2) is 9.52. The Labute approximate surface area is 175 Å². The number of halogens is 1. The average molecular weight is 411 g/mol. The Morgan fingerprint density at radius 1 is 1.13 bits per heavy atom. The summed E-state index contributed by atoms with van der Waals surface area (Å²) in [6, 6.07) is 12.1. The van der Waals surface area contributed by atoms with Crippen LogP contribution < -0.4 is 15.5 Å². The first-order valence-corrected chi connectivity index (χ1v) is 10.1. The summed E-state index contributed by atoms with van der Waals surface area (Å²) in [4.78, 5) is 38.5. The first-order valence-electron chi connectivity index (χ1n) is 10.1. The van der Waals surface area contributed by atoms with Gasteiger partial charge in [-0.3, -0.25) is 14.4 Å². The third-order valence-electron chi connectivity index (χ3n) is 5.27. The highest BCUT2D eigenvalue weighted by molar-refractivity contribution is 6.00. The van der Waals surface area contributed by atoms with E-state index in [0.717, 1.165) is 17.7 Å². The quantitative estimate of drug-likeness (QED) is 0.688. The molecule has 1 heterocycles. The number of hydrogen-bond donors (Lipinski definition) is 2. The summed E-state index contributed by atoms with van der Waals surface area (Å²) in [7, 11) is 0. The van der Waals surface area contributed by atoms with E-state index in [4.69, 9.17) is 0 Å². The lowest BCUT2D eigenvalue weighted by atomic mass is 10.1. The first-order chi connectivity index (χ1) is 14.4. The molecule has 0 unspecified atom stereocenters. The van der Waals surface area contributed by atoms with Gasteiger partial charge in [-0.2, -0.15) is 0 Å².